The summed E-state index contributed by atoms with van der Waals surface area (Å²) in [6.45, 7) is 8.94. The number of carbonyl (C=O) groups is 1. The van der Waals surface area contributed by atoms with Crippen molar-refractivity contribution in [2.45, 2.75) is 91.6 Å². The van der Waals surface area contributed by atoms with Gasteiger partial charge in [-0.1, -0.05) is 32.4 Å². The molecule has 25 heavy (non-hydrogen) atoms. The number of esters is 1. The molecule has 0 saturated heterocycles. The summed E-state index contributed by atoms with van der Waals surface area (Å²) in [6.07, 6.45) is 14.4. The highest BCUT2D eigenvalue weighted by atomic mass is 16.5. The van der Waals surface area contributed by atoms with Crippen LogP contribution in [0.4, 0.5) is 0 Å². The Morgan fingerprint density at radius 2 is 1.88 bits per heavy atom. The molecule has 0 amide bonds. The minimum absolute atomic E-state index is 0.0887. The number of rotatable bonds is 2. The summed E-state index contributed by atoms with van der Waals surface area (Å²) >= 11 is 0. The summed E-state index contributed by atoms with van der Waals surface area (Å²) in [7, 11) is 0. The van der Waals surface area contributed by atoms with E-state index in [2.05, 4.69) is 26.8 Å². The van der Waals surface area contributed by atoms with Crippen molar-refractivity contribution < 1.29 is 9.53 Å². The Morgan fingerprint density at radius 3 is 2.60 bits per heavy atom. The minimum atomic E-state index is -0.0887. The molecule has 3 saturated carbocycles. The molecule has 0 heterocycles. The first-order valence-corrected chi connectivity index (χ1v) is 10.7. The zero-order valence-corrected chi connectivity index (χ0v) is 16.6. The van der Waals surface area contributed by atoms with Gasteiger partial charge in [0.05, 0.1) is 0 Å². The SMILES string of the molecule is CCC1=CC[C@@]2(C)[C@@H](CC[C@H]3[C@H]2CC[C@]2(C)[C@@H](OC(C)=O)CC[C@H]32)C1. The predicted molar refractivity (Wildman–Crippen MR) is 101 cm³/mol. The molecule has 0 N–H and O–H groups in total. The van der Waals surface area contributed by atoms with Crippen LogP contribution in [0.1, 0.15) is 85.5 Å². The van der Waals surface area contributed by atoms with Crippen LogP contribution in [0.5, 0.6) is 0 Å². The lowest BCUT2D eigenvalue weighted by molar-refractivity contribution is -0.159. The van der Waals surface area contributed by atoms with E-state index >= 15 is 0 Å². The zero-order chi connectivity index (χ0) is 17.8. The Kier molecular flexibility index (Phi) is 4.32. The molecule has 0 radical (unpaired) electrons. The molecule has 7 atom stereocenters. The fraction of sp³-hybridized carbons (Fsp3) is 0.870. The van der Waals surface area contributed by atoms with Crippen LogP contribution in [0.3, 0.4) is 0 Å². The first-order valence-electron chi connectivity index (χ1n) is 10.7. The van der Waals surface area contributed by atoms with Crippen LogP contribution in [0.25, 0.3) is 0 Å². The summed E-state index contributed by atoms with van der Waals surface area (Å²) in [5.41, 5.74) is 2.45. The van der Waals surface area contributed by atoms with Crippen LogP contribution in [-0.2, 0) is 9.53 Å². The number of carbonyl (C=O) groups excluding carboxylic acids is 1. The van der Waals surface area contributed by atoms with E-state index in [1.165, 1.54) is 51.4 Å². The van der Waals surface area contributed by atoms with Crippen molar-refractivity contribution in [2.24, 2.45) is 34.5 Å². The van der Waals surface area contributed by atoms with Crippen LogP contribution in [0.15, 0.2) is 11.6 Å². The quantitative estimate of drug-likeness (QED) is 0.460. The van der Waals surface area contributed by atoms with Crippen LogP contribution < -0.4 is 0 Å². The molecule has 0 aromatic rings. The van der Waals surface area contributed by atoms with Gasteiger partial charge in [0.2, 0.25) is 0 Å². The fourth-order valence-corrected chi connectivity index (χ4v) is 7.59. The second-order valence-electron chi connectivity index (χ2n) is 10.0. The van der Waals surface area contributed by atoms with Crippen LogP contribution >= 0.6 is 0 Å². The number of hydrogen-bond acceptors (Lipinski definition) is 2. The average Bonchev–Trinajstić information content (AvgIpc) is 2.90. The van der Waals surface area contributed by atoms with Gasteiger partial charge in [-0.2, -0.15) is 0 Å². The third-order valence-corrected chi connectivity index (χ3v) is 9.08. The molecular formula is C23H36O2. The second kappa shape index (κ2) is 6.13. The molecule has 2 heteroatoms. The van der Waals surface area contributed by atoms with Gasteiger partial charge in [0, 0.05) is 12.3 Å². The maximum atomic E-state index is 11.6. The topological polar surface area (TPSA) is 26.3 Å². The van der Waals surface area contributed by atoms with Gasteiger partial charge >= 0.3 is 5.97 Å². The summed E-state index contributed by atoms with van der Waals surface area (Å²) in [6, 6.07) is 0. The van der Waals surface area contributed by atoms with E-state index < -0.39 is 0 Å². The highest BCUT2D eigenvalue weighted by molar-refractivity contribution is 5.66. The molecule has 4 rings (SSSR count). The van der Waals surface area contributed by atoms with E-state index in [4.69, 9.17) is 4.74 Å². The Hall–Kier alpha value is -0.790. The van der Waals surface area contributed by atoms with Crippen molar-refractivity contribution in [3.8, 4) is 0 Å². The largest absolute Gasteiger partial charge is 0.462 e. The average molecular weight is 345 g/mol. The summed E-state index contributed by atoms with van der Waals surface area (Å²) in [5.74, 6) is 3.33. The first kappa shape index (κ1) is 17.6. The Morgan fingerprint density at radius 1 is 1.12 bits per heavy atom. The third kappa shape index (κ3) is 2.61. The predicted octanol–water partition coefficient (Wildman–Crippen LogP) is 5.91. The second-order valence-corrected chi connectivity index (χ2v) is 10.0. The lowest BCUT2D eigenvalue weighted by atomic mass is 9.45. The van der Waals surface area contributed by atoms with Gasteiger partial charge in [-0.25, -0.2) is 0 Å². The molecule has 140 valence electrons. The van der Waals surface area contributed by atoms with Crippen LogP contribution in [0.2, 0.25) is 0 Å². The van der Waals surface area contributed by atoms with Crippen molar-refractivity contribution >= 4 is 5.97 Å². The molecule has 4 aliphatic carbocycles. The molecule has 4 aliphatic rings. The lowest BCUT2D eigenvalue weighted by Gasteiger charge is -2.60. The third-order valence-electron chi connectivity index (χ3n) is 9.08. The van der Waals surface area contributed by atoms with Gasteiger partial charge in [0.25, 0.3) is 0 Å². The van der Waals surface area contributed by atoms with Crippen molar-refractivity contribution in [1.29, 1.82) is 0 Å². The maximum Gasteiger partial charge on any atom is 0.302 e. The summed E-state index contributed by atoms with van der Waals surface area (Å²) in [5, 5.41) is 0. The number of allylic oxidation sites excluding steroid dienone is 2. The van der Waals surface area contributed by atoms with E-state index in [9.17, 15) is 4.79 Å². The fourth-order valence-electron chi connectivity index (χ4n) is 7.59. The van der Waals surface area contributed by atoms with Crippen molar-refractivity contribution in [3.63, 3.8) is 0 Å². The van der Waals surface area contributed by atoms with Crippen molar-refractivity contribution in [2.75, 3.05) is 0 Å². The smallest absolute Gasteiger partial charge is 0.302 e. The molecule has 0 bridgehead atoms. The minimum Gasteiger partial charge on any atom is -0.462 e. The van der Waals surface area contributed by atoms with E-state index in [1.807, 2.05) is 0 Å². The Balaban J connectivity index is 1.58. The van der Waals surface area contributed by atoms with Crippen LogP contribution in [0, 0.1) is 34.5 Å². The van der Waals surface area contributed by atoms with Gasteiger partial charge < -0.3 is 4.74 Å². The Bertz CT molecular complexity index is 579. The monoisotopic (exact) mass is 344 g/mol. The molecule has 0 aliphatic heterocycles. The van der Waals surface area contributed by atoms with E-state index in [1.54, 1.807) is 12.5 Å². The highest BCUT2D eigenvalue weighted by Gasteiger charge is 2.60. The van der Waals surface area contributed by atoms with Crippen LogP contribution in [-0.4, -0.2) is 12.1 Å². The van der Waals surface area contributed by atoms with Crippen molar-refractivity contribution in [1.82, 2.24) is 0 Å². The first-order chi connectivity index (χ1) is 11.9. The summed E-state index contributed by atoms with van der Waals surface area (Å²) < 4.78 is 5.78. The molecule has 3 fully saturated rings. The van der Waals surface area contributed by atoms with Gasteiger partial charge in [-0.05, 0) is 86.9 Å². The van der Waals surface area contributed by atoms with E-state index in [-0.39, 0.29) is 17.5 Å². The normalized spacial score (nSPS) is 48.8. The van der Waals surface area contributed by atoms with Crippen molar-refractivity contribution in [3.05, 3.63) is 11.6 Å². The number of hydrogen-bond donors (Lipinski definition) is 0. The van der Waals surface area contributed by atoms with Gasteiger partial charge in [-0.15, -0.1) is 0 Å². The highest BCUT2D eigenvalue weighted by Crippen LogP contribution is 2.66. The number of ether oxygens (including phenoxy) is 1. The molecule has 0 aromatic carbocycles. The standard InChI is InChI=1S/C23H36O2/c1-5-16-10-12-22(3)17(14-16)6-7-18-19-8-9-21(25-15(2)24)23(19,4)13-11-20(18)22/h10,17-21H,5-9,11-14H2,1-4H3/t17-,18+,19+,20+,21-,22-,23-/m0/s1. The molecule has 2 nitrogen and oxygen atoms in total. The van der Waals surface area contributed by atoms with Gasteiger partial charge in [0.1, 0.15) is 6.10 Å². The zero-order valence-electron chi connectivity index (χ0n) is 16.6. The van der Waals surface area contributed by atoms with E-state index in [0.717, 1.165) is 30.1 Å². The molecule has 0 aromatic heterocycles. The Labute approximate surface area is 153 Å². The number of fused-ring (bicyclic) bond motifs is 5. The summed E-state index contributed by atoms with van der Waals surface area (Å²) in [4.78, 5) is 11.6. The van der Waals surface area contributed by atoms with E-state index in [0.29, 0.717) is 5.41 Å². The van der Waals surface area contributed by atoms with Gasteiger partial charge in [-0.3, -0.25) is 4.79 Å². The van der Waals surface area contributed by atoms with Gasteiger partial charge in [0.15, 0.2) is 0 Å². The molecule has 0 unspecified atom stereocenters. The molecular weight excluding hydrogens is 308 g/mol. The maximum absolute atomic E-state index is 11.6. The lowest BCUT2D eigenvalue weighted by Crippen LogP contribution is -2.53. The molecule has 0 spiro atoms.